The number of ether oxygens (including phenoxy) is 1. The second-order valence-corrected chi connectivity index (χ2v) is 5.49. The van der Waals surface area contributed by atoms with E-state index in [9.17, 15) is 0 Å². The Bertz CT molecular complexity index is 1010. The van der Waals surface area contributed by atoms with Gasteiger partial charge < -0.3 is 4.74 Å². The topological polar surface area (TPSA) is 47.9 Å². The van der Waals surface area contributed by atoms with Crippen LogP contribution in [0.15, 0.2) is 72.9 Å². The van der Waals surface area contributed by atoms with Gasteiger partial charge >= 0.3 is 6.01 Å². The monoisotopic (exact) mass is 333 g/mol. The molecule has 5 heteroatoms. The standard InChI is InChI=1S/C19H12ClN3O/c20-18-16(11-6-12-21-18)24-19-22-15-10-5-4-9-14(15)17(23-19)13-7-2-1-3-8-13/h1-12H. The molecule has 2 heterocycles. The molecular weight excluding hydrogens is 322 g/mol. The summed E-state index contributed by atoms with van der Waals surface area (Å²) in [4.78, 5) is 13.1. The molecule has 0 saturated heterocycles. The highest BCUT2D eigenvalue weighted by atomic mass is 35.5. The minimum absolute atomic E-state index is 0.238. The molecule has 0 N–H and O–H groups in total. The number of pyridine rings is 1. The van der Waals surface area contributed by atoms with Crippen molar-refractivity contribution in [3.05, 3.63) is 78.1 Å². The predicted octanol–water partition coefficient (Wildman–Crippen LogP) is 5.14. The Hall–Kier alpha value is -2.98. The first-order valence-electron chi connectivity index (χ1n) is 7.42. The highest BCUT2D eigenvalue weighted by Crippen LogP contribution is 2.30. The molecule has 0 radical (unpaired) electrons. The van der Waals surface area contributed by atoms with E-state index in [2.05, 4.69) is 15.0 Å². The van der Waals surface area contributed by atoms with Crippen LogP contribution in [0.4, 0.5) is 0 Å². The summed E-state index contributed by atoms with van der Waals surface area (Å²) >= 11 is 6.06. The molecule has 0 unspecified atom stereocenters. The Morgan fingerprint density at radius 3 is 2.42 bits per heavy atom. The first kappa shape index (κ1) is 14.6. The van der Waals surface area contributed by atoms with Gasteiger partial charge in [0.1, 0.15) is 0 Å². The van der Waals surface area contributed by atoms with Crippen molar-refractivity contribution in [1.82, 2.24) is 15.0 Å². The Balaban J connectivity index is 1.87. The van der Waals surface area contributed by atoms with E-state index >= 15 is 0 Å². The third-order valence-electron chi connectivity index (χ3n) is 3.56. The number of hydrogen-bond donors (Lipinski definition) is 0. The molecule has 4 rings (SSSR count). The number of hydrogen-bond acceptors (Lipinski definition) is 4. The molecule has 2 aromatic heterocycles. The van der Waals surface area contributed by atoms with Crippen molar-refractivity contribution in [2.45, 2.75) is 0 Å². The molecule has 0 fully saturated rings. The van der Waals surface area contributed by atoms with Gasteiger partial charge in [0.05, 0.1) is 11.2 Å². The molecule has 0 aliphatic carbocycles. The zero-order valence-electron chi connectivity index (χ0n) is 12.6. The fourth-order valence-corrected chi connectivity index (χ4v) is 2.62. The molecule has 24 heavy (non-hydrogen) atoms. The number of para-hydroxylation sites is 1. The summed E-state index contributed by atoms with van der Waals surface area (Å²) < 4.78 is 5.76. The lowest BCUT2D eigenvalue weighted by molar-refractivity contribution is 0.443. The van der Waals surface area contributed by atoms with Gasteiger partial charge in [0.25, 0.3) is 0 Å². The number of benzene rings is 2. The van der Waals surface area contributed by atoms with E-state index in [1.54, 1.807) is 18.3 Å². The number of fused-ring (bicyclic) bond motifs is 1. The van der Waals surface area contributed by atoms with E-state index in [1.807, 2.05) is 54.6 Å². The summed E-state index contributed by atoms with van der Waals surface area (Å²) in [7, 11) is 0. The lowest BCUT2D eigenvalue weighted by atomic mass is 10.1. The third kappa shape index (κ3) is 2.79. The minimum Gasteiger partial charge on any atom is -0.421 e. The SMILES string of the molecule is Clc1ncccc1Oc1nc(-c2ccccc2)c2ccccc2n1. The van der Waals surface area contributed by atoms with Gasteiger partial charge in [-0.15, -0.1) is 0 Å². The molecular formula is C19H12ClN3O. The lowest BCUT2D eigenvalue weighted by Crippen LogP contribution is -1.97. The molecule has 116 valence electrons. The predicted molar refractivity (Wildman–Crippen MR) is 94.3 cm³/mol. The van der Waals surface area contributed by atoms with Gasteiger partial charge in [0.2, 0.25) is 0 Å². The maximum Gasteiger partial charge on any atom is 0.323 e. The third-order valence-corrected chi connectivity index (χ3v) is 3.84. The van der Waals surface area contributed by atoms with Gasteiger partial charge in [-0.3, -0.25) is 0 Å². The van der Waals surface area contributed by atoms with Crippen molar-refractivity contribution in [3.8, 4) is 23.0 Å². The van der Waals surface area contributed by atoms with Crippen molar-refractivity contribution in [3.63, 3.8) is 0 Å². The van der Waals surface area contributed by atoms with Gasteiger partial charge in [0.15, 0.2) is 10.9 Å². The second-order valence-electron chi connectivity index (χ2n) is 5.13. The number of nitrogens with zero attached hydrogens (tertiary/aromatic N) is 3. The fraction of sp³-hybridized carbons (Fsp3) is 0. The first-order chi connectivity index (χ1) is 11.8. The largest absolute Gasteiger partial charge is 0.421 e. The van der Waals surface area contributed by atoms with Gasteiger partial charge in [-0.05, 0) is 18.2 Å². The maximum atomic E-state index is 6.06. The van der Waals surface area contributed by atoms with E-state index in [4.69, 9.17) is 16.3 Å². The number of halogens is 1. The summed E-state index contributed by atoms with van der Waals surface area (Å²) in [6, 6.07) is 21.5. The van der Waals surface area contributed by atoms with Gasteiger partial charge in [-0.1, -0.05) is 60.1 Å². The Morgan fingerprint density at radius 1 is 0.792 bits per heavy atom. The van der Waals surface area contributed by atoms with Crippen molar-refractivity contribution < 1.29 is 4.74 Å². The smallest absolute Gasteiger partial charge is 0.323 e. The molecule has 4 nitrogen and oxygen atoms in total. The van der Waals surface area contributed by atoms with Crippen LogP contribution in [-0.4, -0.2) is 15.0 Å². The summed E-state index contributed by atoms with van der Waals surface area (Å²) in [6.45, 7) is 0. The fourth-order valence-electron chi connectivity index (χ4n) is 2.46. The van der Waals surface area contributed by atoms with Crippen molar-refractivity contribution in [1.29, 1.82) is 0 Å². The van der Waals surface area contributed by atoms with Crippen molar-refractivity contribution in [2.24, 2.45) is 0 Å². The average Bonchev–Trinajstić information content (AvgIpc) is 2.64. The number of rotatable bonds is 3. The van der Waals surface area contributed by atoms with E-state index in [1.165, 1.54) is 0 Å². The van der Waals surface area contributed by atoms with Gasteiger partial charge in [0, 0.05) is 17.1 Å². The average molecular weight is 334 g/mol. The van der Waals surface area contributed by atoms with Gasteiger partial charge in [-0.25, -0.2) is 4.98 Å². The lowest BCUT2D eigenvalue weighted by Gasteiger charge is -2.10. The van der Waals surface area contributed by atoms with Crippen molar-refractivity contribution in [2.75, 3.05) is 0 Å². The van der Waals surface area contributed by atoms with E-state index in [-0.39, 0.29) is 11.2 Å². The van der Waals surface area contributed by atoms with Crippen LogP contribution in [0.25, 0.3) is 22.2 Å². The van der Waals surface area contributed by atoms with Crippen LogP contribution in [0, 0.1) is 0 Å². The summed E-state index contributed by atoms with van der Waals surface area (Å²) in [6.07, 6.45) is 1.60. The maximum absolute atomic E-state index is 6.06. The molecule has 2 aromatic carbocycles. The highest BCUT2D eigenvalue weighted by Gasteiger charge is 2.12. The molecule has 4 aromatic rings. The summed E-state index contributed by atoms with van der Waals surface area (Å²) in [5.74, 6) is 0.424. The van der Waals surface area contributed by atoms with Crippen LogP contribution in [0.1, 0.15) is 0 Å². The summed E-state index contributed by atoms with van der Waals surface area (Å²) in [5.41, 5.74) is 2.62. The first-order valence-corrected chi connectivity index (χ1v) is 7.79. The van der Waals surface area contributed by atoms with E-state index < -0.39 is 0 Å². The Labute approximate surface area is 143 Å². The molecule has 0 aliphatic heterocycles. The molecule has 0 bridgehead atoms. The van der Waals surface area contributed by atoms with Crippen LogP contribution < -0.4 is 4.74 Å². The molecule has 0 aliphatic rings. The van der Waals surface area contributed by atoms with Crippen LogP contribution in [-0.2, 0) is 0 Å². The number of aromatic nitrogens is 3. The van der Waals surface area contributed by atoms with E-state index in [0.29, 0.717) is 5.75 Å². The van der Waals surface area contributed by atoms with E-state index in [0.717, 1.165) is 22.2 Å². The molecule has 0 saturated carbocycles. The zero-order chi connectivity index (χ0) is 16.4. The van der Waals surface area contributed by atoms with Crippen LogP contribution in [0.2, 0.25) is 5.15 Å². The minimum atomic E-state index is 0.238. The van der Waals surface area contributed by atoms with Crippen molar-refractivity contribution >= 4 is 22.5 Å². The Kier molecular flexibility index (Phi) is 3.81. The highest BCUT2D eigenvalue weighted by molar-refractivity contribution is 6.30. The zero-order valence-corrected chi connectivity index (χ0v) is 13.3. The van der Waals surface area contributed by atoms with Crippen LogP contribution in [0.5, 0.6) is 11.8 Å². The second kappa shape index (κ2) is 6.26. The van der Waals surface area contributed by atoms with Crippen LogP contribution >= 0.6 is 11.6 Å². The van der Waals surface area contributed by atoms with Crippen LogP contribution in [0.3, 0.4) is 0 Å². The molecule has 0 spiro atoms. The molecule has 0 amide bonds. The molecule has 0 atom stereocenters. The summed E-state index contributed by atoms with van der Waals surface area (Å²) in [5, 5.41) is 1.24. The Morgan fingerprint density at radius 2 is 1.58 bits per heavy atom. The quantitative estimate of drug-likeness (QED) is 0.487. The van der Waals surface area contributed by atoms with Gasteiger partial charge in [-0.2, -0.15) is 9.97 Å². The normalized spacial score (nSPS) is 10.7.